The standard InChI is InChI=1S/C18H22N4O/c1-5-11-19-17(23)14-12-15(22-18(2,3)4)21-16(20-14)13-9-7-6-8-10-13/h5-10,12H,1,11H2,2-4H3,(H,19,23)(H,20,21,22). The Morgan fingerprint density at radius 1 is 1.22 bits per heavy atom. The van der Waals surface area contributed by atoms with Crippen LogP contribution >= 0.6 is 0 Å². The zero-order valence-electron chi connectivity index (χ0n) is 13.8. The van der Waals surface area contributed by atoms with Crippen LogP contribution in [-0.2, 0) is 0 Å². The third-order valence-corrected chi connectivity index (χ3v) is 2.90. The normalized spacial score (nSPS) is 10.9. The average Bonchev–Trinajstić information content (AvgIpc) is 2.51. The Morgan fingerprint density at radius 2 is 1.91 bits per heavy atom. The zero-order valence-corrected chi connectivity index (χ0v) is 13.8. The zero-order chi connectivity index (χ0) is 16.9. The van der Waals surface area contributed by atoms with E-state index < -0.39 is 0 Å². The Labute approximate surface area is 136 Å². The molecule has 0 unspecified atom stereocenters. The van der Waals surface area contributed by atoms with Gasteiger partial charge in [0.05, 0.1) is 0 Å². The van der Waals surface area contributed by atoms with E-state index in [4.69, 9.17) is 0 Å². The molecule has 1 amide bonds. The third-order valence-electron chi connectivity index (χ3n) is 2.90. The lowest BCUT2D eigenvalue weighted by molar-refractivity contribution is 0.0953. The molecule has 0 bridgehead atoms. The van der Waals surface area contributed by atoms with Gasteiger partial charge in [0.1, 0.15) is 11.5 Å². The molecule has 0 fully saturated rings. The Hall–Kier alpha value is -2.69. The molecular formula is C18H22N4O. The van der Waals surface area contributed by atoms with Crippen LogP contribution in [0.15, 0.2) is 49.1 Å². The lowest BCUT2D eigenvalue weighted by Gasteiger charge is -2.22. The summed E-state index contributed by atoms with van der Waals surface area (Å²) in [5.74, 6) is 0.889. The van der Waals surface area contributed by atoms with Gasteiger partial charge in [-0.3, -0.25) is 4.79 Å². The van der Waals surface area contributed by atoms with Crippen molar-refractivity contribution >= 4 is 11.7 Å². The van der Waals surface area contributed by atoms with Crippen molar-refractivity contribution in [1.82, 2.24) is 15.3 Å². The Balaban J connectivity index is 2.43. The second-order valence-corrected chi connectivity index (χ2v) is 6.20. The molecule has 5 heteroatoms. The molecule has 0 aliphatic heterocycles. The lowest BCUT2D eigenvalue weighted by atomic mass is 10.1. The SMILES string of the molecule is C=CCNC(=O)c1cc(NC(C)(C)C)nc(-c2ccccc2)n1. The average molecular weight is 310 g/mol. The summed E-state index contributed by atoms with van der Waals surface area (Å²) in [7, 11) is 0. The Morgan fingerprint density at radius 3 is 2.52 bits per heavy atom. The molecule has 0 spiro atoms. The first-order valence-corrected chi connectivity index (χ1v) is 7.51. The number of hydrogen-bond acceptors (Lipinski definition) is 4. The molecule has 1 aromatic heterocycles. The van der Waals surface area contributed by atoms with E-state index in [9.17, 15) is 4.79 Å². The second kappa shape index (κ2) is 7.05. The minimum atomic E-state index is -0.249. The lowest BCUT2D eigenvalue weighted by Crippen LogP contribution is -2.28. The van der Waals surface area contributed by atoms with Crippen LogP contribution in [0.3, 0.4) is 0 Å². The summed E-state index contributed by atoms with van der Waals surface area (Å²) in [6.07, 6.45) is 1.63. The molecule has 5 nitrogen and oxygen atoms in total. The summed E-state index contributed by atoms with van der Waals surface area (Å²) < 4.78 is 0. The van der Waals surface area contributed by atoms with Crippen molar-refractivity contribution in [2.75, 3.05) is 11.9 Å². The molecule has 2 N–H and O–H groups in total. The van der Waals surface area contributed by atoms with Gasteiger partial charge in [0.2, 0.25) is 0 Å². The predicted octanol–water partition coefficient (Wildman–Crippen LogP) is 3.27. The maximum Gasteiger partial charge on any atom is 0.270 e. The maximum absolute atomic E-state index is 12.2. The maximum atomic E-state index is 12.2. The summed E-state index contributed by atoms with van der Waals surface area (Å²) >= 11 is 0. The minimum Gasteiger partial charge on any atom is -0.365 e. The van der Waals surface area contributed by atoms with Gasteiger partial charge < -0.3 is 10.6 Å². The summed E-state index contributed by atoms with van der Waals surface area (Å²) in [5, 5.41) is 6.03. The Kier molecular flexibility index (Phi) is 5.11. The van der Waals surface area contributed by atoms with Gasteiger partial charge in [-0.25, -0.2) is 9.97 Å². The number of hydrogen-bond donors (Lipinski definition) is 2. The fraction of sp³-hybridized carbons (Fsp3) is 0.278. The van der Waals surface area contributed by atoms with Crippen LogP contribution in [0.4, 0.5) is 5.82 Å². The number of anilines is 1. The fourth-order valence-electron chi connectivity index (χ4n) is 1.98. The largest absolute Gasteiger partial charge is 0.365 e. The molecule has 120 valence electrons. The van der Waals surface area contributed by atoms with Gasteiger partial charge in [-0.15, -0.1) is 6.58 Å². The monoisotopic (exact) mass is 310 g/mol. The number of amides is 1. The number of nitrogens with one attached hydrogen (secondary N) is 2. The highest BCUT2D eigenvalue weighted by atomic mass is 16.1. The van der Waals surface area contributed by atoms with Crippen LogP contribution < -0.4 is 10.6 Å². The van der Waals surface area contributed by atoms with Crippen LogP contribution in [0.25, 0.3) is 11.4 Å². The molecule has 1 heterocycles. The molecule has 0 atom stereocenters. The summed E-state index contributed by atoms with van der Waals surface area (Å²) in [5.41, 5.74) is 1.02. The summed E-state index contributed by atoms with van der Waals surface area (Å²) in [4.78, 5) is 21.1. The van der Waals surface area contributed by atoms with E-state index >= 15 is 0 Å². The molecule has 0 saturated carbocycles. The van der Waals surface area contributed by atoms with Crippen LogP contribution in [0.5, 0.6) is 0 Å². The first-order valence-electron chi connectivity index (χ1n) is 7.51. The van der Waals surface area contributed by atoms with Crippen LogP contribution in [0.1, 0.15) is 31.3 Å². The molecule has 2 aromatic rings. The quantitative estimate of drug-likeness (QED) is 0.832. The predicted molar refractivity (Wildman–Crippen MR) is 93.4 cm³/mol. The first kappa shape index (κ1) is 16.7. The van der Waals surface area contributed by atoms with Crippen molar-refractivity contribution < 1.29 is 4.79 Å². The topological polar surface area (TPSA) is 66.9 Å². The van der Waals surface area contributed by atoms with Crippen LogP contribution in [0, 0.1) is 0 Å². The number of rotatable bonds is 5. The number of aromatic nitrogens is 2. The van der Waals surface area contributed by atoms with Crippen molar-refractivity contribution in [3.8, 4) is 11.4 Å². The highest BCUT2D eigenvalue weighted by molar-refractivity contribution is 5.93. The van der Waals surface area contributed by atoms with Gasteiger partial charge in [0.15, 0.2) is 5.82 Å². The van der Waals surface area contributed by atoms with Crippen LogP contribution in [0.2, 0.25) is 0 Å². The summed E-state index contributed by atoms with van der Waals surface area (Å²) in [6.45, 7) is 10.1. The molecule has 1 aromatic carbocycles. The molecule has 0 aliphatic carbocycles. The molecule has 0 radical (unpaired) electrons. The number of carbonyl (C=O) groups excluding carboxylic acids is 1. The van der Waals surface area contributed by atoms with Gasteiger partial charge in [-0.2, -0.15) is 0 Å². The number of nitrogens with zero attached hydrogens (tertiary/aromatic N) is 2. The third kappa shape index (κ3) is 4.92. The Bertz CT molecular complexity index is 690. The van der Waals surface area contributed by atoms with Gasteiger partial charge in [-0.05, 0) is 20.8 Å². The molecule has 0 saturated heterocycles. The van der Waals surface area contributed by atoms with E-state index in [1.807, 2.05) is 51.1 Å². The van der Waals surface area contributed by atoms with Gasteiger partial charge in [0.25, 0.3) is 5.91 Å². The first-order chi connectivity index (χ1) is 10.9. The van der Waals surface area contributed by atoms with Gasteiger partial charge >= 0.3 is 0 Å². The smallest absolute Gasteiger partial charge is 0.270 e. The molecule has 0 aliphatic rings. The number of benzene rings is 1. The minimum absolute atomic E-state index is 0.169. The highest BCUT2D eigenvalue weighted by Crippen LogP contribution is 2.20. The van der Waals surface area contributed by atoms with E-state index in [-0.39, 0.29) is 11.4 Å². The van der Waals surface area contributed by atoms with Gasteiger partial charge in [-0.1, -0.05) is 36.4 Å². The van der Waals surface area contributed by atoms with Crippen molar-refractivity contribution in [2.24, 2.45) is 0 Å². The van der Waals surface area contributed by atoms with Crippen molar-refractivity contribution in [3.05, 3.63) is 54.7 Å². The molecule has 23 heavy (non-hydrogen) atoms. The van der Waals surface area contributed by atoms with Crippen molar-refractivity contribution in [2.45, 2.75) is 26.3 Å². The second-order valence-electron chi connectivity index (χ2n) is 6.20. The van der Waals surface area contributed by atoms with E-state index in [1.54, 1.807) is 12.1 Å². The van der Waals surface area contributed by atoms with Crippen LogP contribution in [-0.4, -0.2) is 28.0 Å². The van der Waals surface area contributed by atoms with E-state index in [0.717, 1.165) is 5.56 Å². The molecular weight excluding hydrogens is 288 g/mol. The highest BCUT2D eigenvalue weighted by Gasteiger charge is 2.16. The number of carbonyl (C=O) groups is 1. The molecule has 2 rings (SSSR count). The van der Waals surface area contributed by atoms with E-state index in [1.165, 1.54) is 0 Å². The van der Waals surface area contributed by atoms with E-state index in [2.05, 4.69) is 27.2 Å². The van der Waals surface area contributed by atoms with Gasteiger partial charge in [0, 0.05) is 23.7 Å². The van der Waals surface area contributed by atoms with Crippen molar-refractivity contribution in [3.63, 3.8) is 0 Å². The van der Waals surface area contributed by atoms with E-state index in [0.29, 0.717) is 23.9 Å². The summed E-state index contributed by atoms with van der Waals surface area (Å²) in [6, 6.07) is 11.3. The fourth-order valence-corrected chi connectivity index (χ4v) is 1.98. The van der Waals surface area contributed by atoms with Crippen molar-refractivity contribution in [1.29, 1.82) is 0 Å².